The molecule has 1 amide bonds. The molecule has 1 atom stereocenters. The van der Waals surface area contributed by atoms with Crippen molar-refractivity contribution in [2.45, 2.75) is 39.7 Å². The molecule has 0 aromatic heterocycles. The van der Waals surface area contributed by atoms with Crippen LogP contribution in [0.4, 0.5) is 0 Å². The molecule has 1 heterocycles. The first-order valence-electron chi connectivity index (χ1n) is 5.02. The van der Waals surface area contributed by atoms with E-state index in [1.54, 1.807) is 0 Å². The molecule has 0 radical (unpaired) electrons. The maximum Gasteiger partial charge on any atom is 0.228 e. The average Bonchev–Trinajstić information content (AvgIpc) is 2.50. The quantitative estimate of drug-likeness (QED) is 0.695. The van der Waals surface area contributed by atoms with Crippen molar-refractivity contribution in [3.63, 3.8) is 0 Å². The minimum absolute atomic E-state index is 0.191. The van der Waals surface area contributed by atoms with E-state index in [4.69, 9.17) is 5.73 Å². The van der Waals surface area contributed by atoms with Gasteiger partial charge >= 0.3 is 0 Å². The second-order valence-electron chi connectivity index (χ2n) is 4.54. The van der Waals surface area contributed by atoms with Gasteiger partial charge in [-0.15, -0.1) is 0 Å². The van der Waals surface area contributed by atoms with E-state index in [-0.39, 0.29) is 17.4 Å². The SMILES string of the molecule is CCC(C)(C)C(=O)N1CC[C@H](N)C1. The number of amides is 1. The summed E-state index contributed by atoms with van der Waals surface area (Å²) < 4.78 is 0. The van der Waals surface area contributed by atoms with Gasteiger partial charge in [0.1, 0.15) is 0 Å². The third-order valence-electron chi connectivity index (χ3n) is 2.97. The Labute approximate surface area is 80.3 Å². The van der Waals surface area contributed by atoms with Crippen LogP contribution in [0.2, 0.25) is 0 Å². The lowest BCUT2D eigenvalue weighted by Crippen LogP contribution is -2.40. The van der Waals surface area contributed by atoms with E-state index in [9.17, 15) is 4.79 Å². The molecule has 2 N–H and O–H groups in total. The summed E-state index contributed by atoms with van der Waals surface area (Å²) in [5.41, 5.74) is 5.54. The molecule has 0 bridgehead atoms. The van der Waals surface area contributed by atoms with Gasteiger partial charge in [0, 0.05) is 24.5 Å². The van der Waals surface area contributed by atoms with Gasteiger partial charge in [0.25, 0.3) is 0 Å². The number of likely N-dealkylation sites (tertiary alicyclic amines) is 1. The summed E-state index contributed by atoms with van der Waals surface area (Å²) in [5.74, 6) is 0.253. The molecule has 0 aromatic rings. The van der Waals surface area contributed by atoms with Gasteiger partial charge in [-0.25, -0.2) is 0 Å². The lowest BCUT2D eigenvalue weighted by Gasteiger charge is -2.27. The monoisotopic (exact) mass is 184 g/mol. The first kappa shape index (κ1) is 10.5. The van der Waals surface area contributed by atoms with E-state index in [0.29, 0.717) is 0 Å². The van der Waals surface area contributed by atoms with E-state index in [1.165, 1.54) is 0 Å². The molecule has 3 nitrogen and oxygen atoms in total. The van der Waals surface area contributed by atoms with Crippen LogP contribution in [0.5, 0.6) is 0 Å². The van der Waals surface area contributed by atoms with Crippen molar-refractivity contribution < 1.29 is 4.79 Å². The highest BCUT2D eigenvalue weighted by Gasteiger charge is 2.33. The van der Waals surface area contributed by atoms with E-state index in [1.807, 2.05) is 25.7 Å². The van der Waals surface area contributed by atoms with Gasteiger partial charge in [-0.2, -0.15) is 0 Å². The van der Waals surface area contributed by atoms with E-state index in [2.05, 4.69) is 0 Å². The first-order valence-corrected chi connectivity index (χ1v) is 5.02. The van der Waals surface area contributed by atoms with Crippen molar-refractivity contribution in [3.8, 4) is 0 Å². The number of carbonyl (C=O) groups is 1. The van der Waals surface area contributed by atoms with Crippen molar-refractivity contribution in [1.29, 1.82) is 0 Å². The van der Waals surface area contributed by atoms with Crippen molar-refractivity contribution in [2.24, 2.45) is 11.1 Å². The van der Waals surface area contributed by atoms with Crippen LogP contribution in [0.1, 0.15) is 33.6 Å². The molecule has 1 fully saturated rings. The van der Waals surface area contributed by atoms with Gasteiger partial charge in [0.15, 0.2) is 0 Å². The molecule has 0 saturated carbocycles. The third kappa shape index (κ3) is 2.21. The minimum Gasteiger partial charge on any atom is -0.341 e. The largest absolute Gasteiger partial charge is 0.341 e. The highest BCUT2D eigenvalue weighted by atomic mass is 16.2. The summed E-state index contributed by atoms with van der Waals surface area (Å²) in [7, 11) is 0. The molecular weight excluding hydrogens is 164 g/mol. The summed E-state index contributed by atoms with van der Waals surface area (Å²) in [6.45, 7) is 7.62. The fourth-order valence-corrected chi connectivity index (χ4v) is 1.55. The number of hydrogen-bond donors (Lipinski definition) is 1. The highest BCUT2D eigenvalue weighted by Crippen LogP contribution is 2.24. The zero-order chi connectivity index (χ0) is 10.1. The van der Waals surface area contributed by atoms with Gasteiger partial charge in [0.05, 0.1) is 0 Å². The zero-order valence-electron chi connectivity index (χ0n) is 8.84. The van der Waals surface area contributed by atoms with E-state index in [0.717, 1.165) is 25.9 Å². The molecule has 1 saturated heterocycles. The fraction of sp³-hybridized carbons (Fsp3) is 0.900. The maximum absolute atomic E-state index is 11.9. The second-order valence-corrected chi connectivity index (χ2v) is 4.54. The second kappa shape index (κ2) is 3.66. The van der Waals surface area contributed by atoms with Gasteiger partial charge in [-0.3, -0.25) is 4.79 Å². The number of nitrogens with zero attached hydrogens (tertiary/aromatic N) is 1. The summed E-state index contributed by atoms with van der Waals surface area (Å²) in [5, 5.41) is 0. The number of rotatable bonds is 2. The summed E-state index contributed by atoms with van der Waals surface area (Å²) in [6.07, 6.45) is 1.84. The van der Waals surface area contributed by atoms with Crippen molar-refractivity contribution in [1.82, 2.24) is 4.90 Å². The van der Waals surface area contributed by atoms with Gasteiger partial charge < -0.3 is 10.6 Å². The van der Waals surface area contributed by atoms with Crippen LogP contribution in [0.15, 0.2) is 0 Å². The summed E-state index contributed by atoms with van der Waals surface area (Å²) in [4.78, 5) is 13.8. The zero-order valence-corrected chi connectivity index (χ0v) is 8.84. The Bertz CT molecular complexity index is 201. The third-order valence-corrected chi connectivity index (χ3v) is 2.97. The smallest absolute Gasteiger partial charge is 0.228 e. The van der Waals surface area contributed by atoms with Crippen molar-refractivity contribution in [2.75, 3.05) is 13.1 Å². The van der Waals surface area contributed by atoms with Crippen LogP contribution in [0.25, 0.3) is 0 Å². The lowest BCUT2D eigenvalue weighted by molar-refractivity contribution is -0.139. The minimum atomic E-state index is -0.218. The number of nitrogens with two attached hydrogens (primary N) is 1. The molecule has 0 aromatic carbocycles. The predicted molar refractivity (Wildman–Crippen MR) is 53.2 cm³/mol. The summed E-state index contributed by atoms with van der Waals surface area (Å²) in [6, 6.07) is 0.191. The normalized spacial score (nSPS) is 23.7. The highest BCUT2D eigenvalue weighted by molar-refractivity contribution is 5.82. The molecule has 1 aliphatic heterocycles. The van der Waals surface area contributed by atoms with Crippen molar-refractivity contribution >= 4 is 5.91 Å². The van der Waals surface area contributed by atoms with Gasteiger partial charge in [-0.1, -0.05) is 20.8 Å². The van der Waals surface area contributed by atoms with Crippen LogP contribution >= 0.6 is 0 Å². The Morgan fingerprint density at radius 2 is 2.23 bits per heavy atom. The molecule has 0 spiro atoms. The average molecular weight is 184 g/mol. The maximum atomic E-state index is 11.9. The van der Waals surface area contributed by atoms with E-state index >= 15 is 0 Å². The molecule has 76 valence electrons. The Morgan fingerprint density at radius 3 is 2.62 bits per heavy atom. The Balaban J connectivity index is 2.58. The molecule has 3 heteroatoms. The lowest BCUT2D eigenvalue weighted by atomic mass is 9.89. The molecule has 0 aliphatic carbocycles. The van der Waals surface area contributed by atoms with Gasteiger partial charge in [0.2, 0.25) is 5.91 Å². The first-order chi connectivity index (χ1) is 5.97. The predicted octanol–water partition coefficient (Wildman–Crippen LogP) is 0.982. The Kier molecular flexibility index (Phi) is 2.96. The van der Waals surface area contributed by atoms with Crippen LogP contribution in [-0.4, -0.2) is 29.9 Å². The molecule has 13 heavy (non-hydrogen) atoms. The molecule has 0 unspecified atom stereocenters. The standard InChI is InChI=1S/C10H20N2O/c1-4-10(2,3)9(13)12-6-5-8(11)7-12/h8H,4-7,11H2,1-3H3/t8-/m0/s1. The Hall–Kier alpha value is -0.570. The number of carbonyl (C=O) groups excluding carboxylic acids is 1. The van der Waals surface area contributed by atoms with Crippen molar-refractivity contribution in [3.05, 3.63) is 0 Å². The van der Waals surface area contributed by atoms with Crippen LogP contribution < -0.4 is 5.73 Å². The fourth-order valence-electron chi connectivity index (χ4n) is 1.55. The molecule has 1 aliphatic rings. The number of hydrogen-bond acceptors (Lipinski definition) is 2. The van der Waals surface area contributed by atoms with Crippen LogP contribution in [0, 0.1) is 5.41 Å². The van der Waals surface area contributed by atoms with Gasteiger partial charge in [-0.05, 0) is 12.8 Å². The summed E-state index contributed by atoms with van der Waals surface area (Å²) >= 11 is 0. The van der Waals surface area contributed by atoms with Crippen LogP contribution in [-0.2, 0) is 4.79 Å². The Morgan fingerprint density at radius 1 is 1.62 bits per heavy atom. The topological polar surface area (TPSA) is 46.3 Å². The van der Waals surface area contributed by atoms with Crippen LogP contribution in [0.3, 0.4) is 0 Å². The molecule has 1 rings (SSSR count). The molecular formula is C10H20N2O. The van der Waals surface area contributed by atoms with E-state index < -0.39 is 0 Å².